The molecule has 1 aliphatic rings. The Labute approximate surface area is 134 Å². The summed E-state index contributed by atoms with van der Waals surface area (Å²) >= 11 is 0. The summed E-state index contributed by atoms with van der Waals surface area (Å²) in [4.78, 5) is 13.8. The first-order chi connectivity index (χ1) is 11.3. The minimum absolute atomic E-state index is 0.905. The minimum Gasteiger partial charge on any atom is -0.352 e. The van der Waals surface area contributed by atoms with Crippen molar-refractivity contribution in [1.29, 1.82) is 0 Å². The van der Waals surface area contributed by atoms with E-state index in [-0.39, 0.29) is 0 Å². The van der Waals surface area contributed by atoms with E-state index >= 15 is 0 Å². The van der Waals surface area contributed by atoms with Crippen LogP contribution in [-0.2, 0) is 0 Å². The zero-order valence-corrected chi connectivity index (χ0v) is 13.1. The summed E-state index contributed by atoms with van der Waals surface area (Å²) in [6.45, 7) is 5.58. The summed E-state index contributed by atoms with van der Waals surface area (Å²) < 4.78 is 0. The van der Waals surface area contributed by atoms with Gasteiger partial charge in [0.2, 0.25) is 0 Å². The van der Waals surface area contributed by atoms with Gasteiger partial charge in [-0.2, -0.15) is 5.10 Å². The van der Waals surface area contributed by atoms with Gasteiger partial charge in [0.05, 0.1) is 22.9 Å². The maximum Gasteiger partial charge on any atom is 0.151 e. The number of para-hydroxylation sites is 2. The molecule has 116 valence electrons. The normalized spacial score (nSPS) is 15.2. The third-order valence-electron chi connectivity index (χ3n) is 4.15. The van der Waals surface area contributed by atoms with Crippen LogP contribution in [0.25, 0.3) is 11.0 Å². The van der Waals surface area contributed by atoms with E-state index in [2.05, 4.69) is 25.0 Å². The molecule has 6 nitrogen and oxygen atoms in total. The van der Waals surface area contributed by atoms with Crippen molar-refractivity contribution < 1.29 is 0 Å². The minimum atomic E-state index is 0.905. The van der Waals surface area contributed by atoms with Crippen molar-refractivity contribution in [3.8, 4) is 0 Å². The Hall–Kier alpha value is -2.76. The molecule has 0 bridgehead atoms. The number of benzene rings is 1. The zero-order chi connectivity index (χ0) is 15.6. The Morgan fingerprint density at radius 2 is 1.48 bits per heavy atom. The molecule has 1 fully saturated rings. The number of hydrogen-bond donors (Lipinski definition) is 0. The second kappa shape index (κ2) is 5.79. The maximum atomic E-state index is 4.73. The summed E-state index contributed by atoms with van der Waals surface area (Å²) in [5.74, 6) is 1.89. The number of rotatable bonds is 2. The molecule has 2 aromatic heterocycles. The lowest BCUT2D eigenvalue weighted by molar-refractivity contribution is 0.637. The summed E-state index contributed by atoms with van der Waals surface area (Å²) in [6.07, 6.45) is 1.86. The van der Waals surface area contributed by atoms with Gasteiger partial charge in [0.15, 0.2) is 5.82 Å². The van der Waals surface area contributed by atoms with Crippen LogP contribution >= 0.6 is 0 Å². The molecule has 3 heterocycles. The van der Waals surface area contributed by atoms with Crippen molar-refractivity contribution in [3.05, 3.63) is 48.3 Å². The van der Waals surface area contributed by atoms with Crippen molar-refractivity contribution >= 4 is 22.7 Å². The summed E-state index contributed by atoms with van der Waals surface area (Å²) in [5, 5.41) is 8.41. The van der Waals surface area contributed by atoms with Crippen LogP contribution in [0.2, 0.25) is 0 Å². The second-order valence-corrected chi connectivity index (χ2v) is 5.72. The van der Waals surface area contributed by atoms with Crippen LogP contribution in [0.15, 0.2) is 42.6 Å². The molecular formula is C17H18N6. The monoisotopic (exact) mass is 306 g/mol. The molecular weight excluding hydrogens is 288 g/mol. The molecule has 0 atom stereocenters. The van der Waals surface area contributed by atoms with E-state index in [0.717, 1.165) is 54.5 Å². The fraction of sp³-hybridized carbons (Fsp3) is 0.294. The summed E-state index contributed by atoms with van der Waals surface area (Å²) in [6, 6.07) is 12.0. The number of hydrogen-bond acceptors (Lipinski definition) is 6. The lowest BCUT2D eigenvalue weighted by Crippen LogP contribution is -2.47. The topological polar surface area (TPSA) is 58.0 Å². The van der Waals surface area contributed by atoms with Crippen molar-refractivity contribution in [2.45, 2.75) is 6.92 Å². The van der Waals surface area contributed by atoms with Gasteiger partial charge in [-0.05, 0) is 31.2 Å². The second-order valence-electron chi connectivity index (χ2n) is 5.72. The molecule has 6 heteroatoms. The van der Waals surface area contributed by atoms with Gasteiger partial charge >= 0.3 is 0 Å². The highest BCUT2D eigenvalue weighted by Gasteiger charge is 2.19. The van der Waals surface area contributed by atoms with Crippen LogP contribution in [-0.4, -0.2) is 46.3 Å². The van der Waals surface area contributed by atoms with Crippen LogP contribution in [0.3, 0.4) is 0 Å². The summed E-state index contributed by atoms with van der Waals surface area (Å²) in [5.41, 5.74) is 2.82. The first kappa shape index (κ1) is 13.9. The van der Waals surface area contributed by atoms with Gasteiger partial charge in [-0.3, -0.25) is 4.98 Å². The fourth-order valence-electron chi connectivity index (χ4n) is 2.82. The number of anilines is 2. The fourth-order valence-corrected chi connectivity index (χ4v) is 2.82. The molecule has 4 rings (SSSR count). The average molecular weight is 306 g/mol. The molecule has 1 aromatic carbocycles. The van der Waals surface area contributed by atoms with Gasteiger partial charge in [-0.1, -0.05) is 12.1 Å². The first-order valence-corrected chi connectivity index (χ1v) is 7.82. The molecule has 0 radical (unpaired) electrons. The Morgan fingerprint density at radius 3 is 2.17 bits per heavy atom. The predicted octanol–water partition coefficient (Wildman–Crippen LogP) is 2.05. The van der Waals surface area contributed by atoms with Crippen LogP contribution in [0, 0.1) is 6.92 Å². The molecule has 1 aliphatic heterocycles. The molecule has 0 amide bonds. The van der Waals surface area contributed by atoms with Crippen LogP contribution in [0.1, 0.15) is 5.69 Å². The Morgan fingerprint density at radius 1 is 0.783 bits per heavy atom. The van der Waals surface area contributed by atoms with Gasteiger partial charge in [-0.25, -0.2) is 4.98 Å². The maximum absolute atomic E-state index is 4.73. The summed E-state index contributed by atoms with van der Waals surface area (Å²) in [7, 11) is 0. The van der Waals surface area contributed by atoms with Crippen molar-refractivity contribution in [1.82, 2.24) is 20.2 Å². The molecule has 0 N–H and O–H groups in total. The van der Waals surface area contributed by atoms with E-state index in [1.807, 2.05) is 49.5 Å². The van der Waals surface area contributed by atoms with E-state index in [9.17, 15) is 0 Å². The quantitative estimate of drug-likeness (QED) is 0.722. The van der Waals surface area contributed by atoms with Crippen LogP contribution < -0.4 is 9.80 Å². The Kier molecular flexibility index (Phi) is 3.49. The highest BCUT2D eigenvalue weighted by atomic mass is 15.3. The first-order valence-electron chi connectivity index (χ1n) is 7.82. The van der Waals surface area contributed by atoms with Crippen LogP contribution in [0.5, 0.6) is 0 Å². The Balaban J connectivity index is 1.49. The number of fused-ring (bicyclic) bond motifs is 1. The third-order valence-corrected chi connectivity index (χ3v) is 4.15. The molecule has 0 aliphatic carbocycles. The van der Waals surface area contributed by atoms with Crippen LogP contribution in [0.4, 0.5) is 11.6 Å². The highest BCUT2D eigenvalue weighted by Crippen LogP contribution is 2.19. The molecule has 23 heavy (non-hydrogen) atoms. The van der Waals surface area contributed by atoms with Gasteiger partial charge < -0.3 is 9.80 Å². The van der Waals surface area contributed by atoms with Crippen molar-refractivity contribution in [2.24, 2.45) is 0 Å². The molecule has 0 spiro atoms. The third kappa shape index (κ3) is 2.79. The number of aromatic nitrogens is 4. The number of aryl methyl sites for hydroxylation is 1. The standard InChI is InChI=1S/C17H18N6/c1-13-6-7-16(21-20-13)22-8-10-23(11-9-22)17-12-18-14-4-2-3-5-15(14)19-17/h2-7,12H,8-11H2,1H3. The zero-order valence-electron chi connectivity index (χ0n) is 13.1. The van der Waals surface area contributed by atoms with E-state index in [4.69, 9.17) is 4.98 Å². The van der Waals surface area contributed by atoms with Crippen molar-refractivity contribution in [3.63, 3.8) is 0 Å². The SMILES string of the molecule is Cc1ccc(N2CCN(c3cnc4ccccc4n3)CC2)nn1. The smallest absolute Gasteiger partial charge is 0.151 e. The highest BCUT2D eigenvalue weighted by molar-refractivity contribution is 5.75. The average Bonchev–Trinajstić information content (AvgIpc) is 2.62. The predicted molar refractivity (Wildman–Crippen MR) is 90.7 cm³/mol. The molecule has 1 saturated heterocycles. The number of nitrogens with zero attached hydrogens (tertiary/aromatic N) is 6. The van der Waals surface area contributed by atoms with E-state index < -0.39 is 0 Å². The van der Waals surface area contributed by atoms with Gasteiger partial charge in [0.25, 0.3) is 0 Å². The van der Waals surface area contributed by atoms with E-state index in [1.54, 1.807) is 0 Å². The number of piperazine rings is 1. The van der Waals surface area contributed by atoms with Gasteiger partial charge in [0.1, 0.15) is 5.82 Å². The molecule has 3 aromatic rings. The largest absolute Gasteiger partial charge is 0.352 e. The van der Waals surface area contributed by atoms with E-state index in [1.165, 1.54) is 0 Å². The van der Waals surface area contributed by atoms with Gasteiger partial charge in [-0.15, -0.1) is 5.10 Å². The molecule has 0 unspecified atom stereocenters. The molecule has 0 saturated carbocycles. The Bertz CT molecular complexity index is 809. The van der Waals surface area contributed by atoms with Gasteiger partial charge in [0, 0.05) is 26.2 Å². The lowest BCUT2D eigenvalue weighted by atomic mass is 10.3. The lowest BCUT2D eigenvalue weighted by Gasteiger charge is -2.35. The van der Waals surface area contributed by atoms with E-state index in [0.29, 0.717) is 0 Å². The van der Waals surface area contributed by atoms with Crippen molar-refractivity contribution in [2.75, 3.05) is 36.0 Å².